The van der Waals surface area contributed by atoms with Crippen LogP contribution in [-0.4, -0.2) is 24.1 Å². The van der Waals surface area contributed by atoms with Gasteiger partial charge in [0.1, 0.15) is 9.88 Å². The average Bonchev–Trinajstić information content (AvgIpc) is 2.86. The maximum Gasteiger partial charge on any atom is 0.350 e. The Morgan fingerprint density at radius 2 is 2.50 bits per heavy atom. The summed E-state index contributed by atoms with van der Waals surface area (Å²) in [6.45, 7) is 5.13. The summed E-state index contributed by atoms with van der Waals surface area (Å²) in [6, 6.07) is 0.326. The zero-order chi connectivity index (χ0) is 11.5. The van der Waals surface area contributed by atoms with E-state index in [1.54, 1.807) is 0 Å². The molecule has 1 atom stereocenters. The Bertz CT molecular complexity index is 383. The van der Waals surface area contributed by atoms with Gasteiger partial charge in [0.15, 0.2) is 0 Å². The van der Waals surface area contributed by atoms with Gasteiger partial charge in [-0.25, -0.2) is 9.78 Å². The van der Waals surface area contributed by atoms with Gasteiger partial charge in [0.25, 0.3) is 0 Å². The van der Waals surface area contributed by atoms with Gasteiger partial charge in [-0.2, -0.15) is 0 Å². The van der Waals surface area contributed by atoms with Gasteiger partial charge in [0.2, 0.25) is 0 Å². The summed E-state index contributed by atoms with van der Waals surface area (Å²) in [5.74, 6) is -0.248. The third-order valence-corrected chi connectivity index (χ3v) is 3.88. The number of rotatable bonds is 3. The molecule has 0 aromatic carbocycles. The molecule has 0 bridgehead atoms. The molecule has 0 aliphatic carbocycles. The maximum atomic E-state index is 11.6. The molecule has 2 rings (SSSR count). The van der Waals surface area contributed by atoms with Gasteiger partial charge < -0.3 is 10.1 Å². The molecule has 1 N–H and O–H groups in total. The van der Waals surface area contributed by atoms with E-state index in [0.717, 1.165) is 23.7 Å². The number of aryl methyl sites for hydroxylation is 1. The number of esters is 1. The SMILES string of the molecule is CCOC(=O)c1sc(C2CCCN2)nc1C. The van der Waals surface area contributed by atoms with Gasteiger partial charge in [0, 0.05) is 0 Å². The molecule has 88 valence electrons. The molecule has 1 aliphatic heterocycles. The van der Waals surface area contributed by atoms with Crippen LogP contribution in [0.3, 0.4) is 0 Å². The predicted octanol–water partition coefficient (Wildman–Crippen LogP) is 2.05. The first kappa shape index (κ1) is 11.5. The van der Waals surface area contributed by atoms with Crippen LogP contribution in [0.5, 0.6) is 0 Å². The number of thiazole rings is 1. The minimum Gasteiger partial charge on any atom is -0.462 e. The van der Waals surface area contributed by atoms with E-state index < -0.39 is 0 Å². The maximum absolute atomic E-state index is 11.6. The van der Waals surface area contributed by atoms with Crippen molar-refractivity contribution in [3.63, 3.8) is 0 Å². The van der Waals surface area contributed by atoms with E-state index in [2.05, 4.69) is 10.3 Å². The van der Waals surface area contributed by atoms with Crippen molar-refractivity contribution in [3.05, 3.63) is 15.6 Å². The molecule has 1 aromatic heterocycles. The largest absolute Gasteiger partial charge is 0.462 e. The van der Waals surface area contributed by atoms with E-state index in [1.165, 1.54) is 17.8 Å². The van der Waals surface area contributed by atoms with E-state index in [-0.39, 0.29) is 5.97 Å². The molecule has 1 saturated heterocycles. The summed E-state index contributed by atoms with van der Waals surface area (Å²) in [5, 5.41) is 4.39. The molecule has 5 heteroatoms. The molecule has 0 amide bonds. The molecule has 0 saturated carbocycles. The van der Waals surface area contributed by atoms with Crippen LogP contribution in [0.25, 0.3) is 0 Å². The number of hydrogen-bond acceptors (Lipinski definition) is 5. The highest BCUT2D eigenvalue weighted by Crippen LogP contribution is 2.29. The number of aromatic nitrogens is 1. The molecular formula is C11H16N2O2S. The topological polar surface area (TPSA) is 51.2 Å². The normalized spacial score (nSPS) is 20.0. The second-order valence-corrected chi connectivity index (χ2v) is 4.87. The second-order valence-electron chi connectivity index (χ2n) is 3.84. The number of hydrogen-bond donors (Lipinski definition) is 1. The van der Waals surface area contributed by atoms with Crippen molar-refractivity contribution in [1.29, 1.82) is 0 Å². The number of nitrogens with zero attached hydrogens (tertiary/aromatic N) is 1. The van der Waals surface area contributed by atoms with Crippen molar-refractivity contribution in [2.75, 3.05) is 13.2 Å². The van der Waals surface area contributed by atoms with E-state index in [1.807, 2.05) is 13.8 Å². The molecule has 1 unspecified atom stereocenters. The summed E-state index contributed by atoms with van der Waals surface area (Å²) in [5.41, 5.74) is 0.784. The lowest BCUT2D eigenvalue weighted by atomic mass is 10.2. The standard InChI is InChI=1S/C11H16N2O2S/c1-3-15-11(14)9-7(2)13-10(16-9)8-5-4-6-12-8/h8,12H,3-6H2,1-2H3. The molecular weight excluding hydrogens is 224 g/mol. The number of nitrogens with one attached hydrogen (secondary N) is 1. The van der Waals surface area contributed by atoms with E-state index in [9.17, 15) is 4.79 Å². The molecule has 1 aromatic rings. The van der Waals surface area contributed by atoms with Crippen LogP contribution in [-0.2, 0) is 4.74 Å². The number of ether oxygens (including phenoxy) is 1. The van der Waals surface area contributed by atoms with Gasteiger partial charge in [-0.15, -0.1) is 11.3 Å². The first-order valence-corrected chi connectivity index (χ1v) is 6.42. The quantitative estimate of drug-likeness (QED) is 0.822. The first-order valence-electron chi connectivity index (χ1n) is 5.60. The predicted molar refractivity (Wildman–Crippen MR) is 62.8 cm³/mol. The summed E-state index contributed by atoms with van der Waals surface area (Å²) in [6.07, 6.45) is 2.28. The minimum absolute atomic E-state index is 0.248. The first-order chi connectivity index (χ1) is 7.72. The van der Waals surface area contributed by atoms with Gasteiger partial charge in [-0.3, -0.25) is 0 Å². The fourth-order valence-electron chi connectivity index (χ4n) is 1.85. The summed E-state index contributed by atoms with van der Waals surface area (Å²) >= 11 is 1.46. The average molecular weight is 240 g/mol. The van der Waals surface area contributed by atoms with Crippen molar-refractivity contribution in [2.24, 2.45) is 0 Å². The van der Waals surface area contributed by atoms with Gasteiger partial charge in [0.05, 0.1) is 18.3 Å². The second kappa shape index (κ2) is 4.93. The number of carbonyl (C=O) groups excluding carboxylic acids is 1. The molecule has 16 heavy (non-hydrogen) atoms. The smallest absolute Gasteiger partial charge is 0.350 e. The van der Waals surface area contributed by atoms with Crippen LogP contribution in [0.1, 0.15) is 46.2 Å². The van der Waals surface area contributed by atoms with Crippen molar-refractivity contribution in [3.8, 4) is 0 Å². The summed E-state index contributed by atoms with van der Waals surface area (Å²) in [7, 11) is 0. The summed E-state index contributed by atoms with van der Waals surface area (Å²) in [4.78, 5) is 16.7. The van der Waals surface area contributed by atoms with Crippen LogP contribution in [0, 0.1) is 6.92 Å². The minimum atomic E-state index is -0.248. The zero-order valence-corrected chi connectivity index (χ0v) is 10.4. The Hall–Kier alpha value is -0.940. The van der Waals surface area contributed by atoms with Gasteiger partial charge in [-0.1, -0.05) is 0 Å². The van der Waals surface area contributed by atoms with Crippen molar-refractivity contribution in [2.45, 2.75) is 32.7 Å². The zero-order valence-electron chi connectivity index (χ0n) is 9.58. The van der Waals surface area contributed by atoms with E-state index >= 15 is 0 Å². The van der Waals surface area contributed by atoms with E-state index in [4.69, 9.17) is 4.74 Å². The third kappa shape index (κ3) is 2.25. The highest BCUT2D eigenvalue weighted by molar-refractivity contribution is 7.13. The Morgan fingerprint density at radius 1 is 1.69 bits per heavy atom. The number of carbonyl (C=O) groups is 1. The lowest BCUT2D eigenvalue weighted by Crippen LogP contribution is -2.12. The lowest BCUT2D eigenvalue weighted by Gasteiger charge is -2.04. The van der Waals surface area contributed by atoms with Crippen LogP contribution in [0.4, 0.5) is 0 Å². The fraction of sp³-hybridized carbons (Fsp3) is 0.636. The van der Waals surface area contributed by atoms with Crippen molar-refractivity contribution in [1.82, 2.24) is 10.3 Å². The molecule has 0 radical (unpaired) electrons. The van der Waals surface area contributed by atoms with Crippen LogP contribution < -0.4 is 5.32 Å². The molecule has 1 fully saturated rings. The monoisotopic (exact) mass is 240 g/mol. The van der Waals surface area contributed by atoms with Crippen LogP contribution in [0.15, 0.2) is 0 Å². The Morgan fingerprint density at radius 3 is 3.12 bits per heavy atom. The fourth-order valence-corrected chi connectivity index (χ4v) is 2.92. The van der Waals surface area contributed by atoms with Crippen molar-refractivity contribution >= 4 is 17.3 Å². The van der Waals surface area contributed by atoms with Gasteiger partial charge in [-0.05, 0) is 33.2 Å². The van der Waals surface area contributed by atoms with Crippen LogP contribution in [0.2, 0.25) is 0 Å². The molecule has 4 nitrogen and oxygen atoms in total. The Labute approximate surface area is 99.0 Å². The summed E-state index contributed by atoms with van der Waals surface area (Å²) < 4.78 is 5.00. The molecule has 2 heterocycles. The van der Waals surface area contributed by atoms with Crippen LogP contribution >= 0.6 is 11.3 Å². The lowest BCUT2D eigenvalue weighted by molar-refractivity contribution is 0.0531. The third-order valence-electron chi connectivity index (χ3n) is 2.63. The van der Waals surface area contributed by atoms with Crippen molar-refractivity contribution < 1.29 is 9.53 Å². The van der Waals surface area contributed by atoms with E-state index in [0.29, 0.717) is 17.5 Å². The molecule has 1 aliphatic rings. The Balaban J connectivity index is 2.17. The highest BCUT2D eigenvalue weighted by Gasteiger charge is 2.23. The van der Waals surface area contributed by atoms with Gasteiger partial charge >= 0.3 is 5.97 Å². The Kier molecular flexibility index (Phi) is 3.56. The molecule has 0 spiro atoms. The highest BCUT2D eigenvalue weighted by atomic mass is 32.1.